The molecule has 2 aromatic heterocycles. The lowest BCUT2D eigenvalue weighted by atomic mass is 10.1. The van der Waals surface area contributed by atoms with Gasteiger partial charge in [0.25, 0.3) is 0 Å². The van der Waals surface area contributed by atoms with E-state index in [1.807, 2.05) is 6.07 Å². The van der Waals surface area contributed by atoms with Crippen LogP contribution < -0.4 is 10.0 Å². The fraction of sp³-hybridized carbons (Fsp3) is 0.385. The molecule has 1 saturated heterocycles. The standard InChI is InChI=1S/C13H14N6O3S/c1-8-2-11-16-5-10(4-14)13(19(11)17-8)18-6-9(3-12(18)20)7-23(15,21)22/h2,5,9H,3,6-7H2,1H3,(H2,15,21,22). The first-order chi connectivity index (χ1) is 10.8. The summed E-state index contributed by atoms with van der Waals surface area (Å²) < 4.78 is 23.9. The number of nitrogens with two attached hydrogens (primary N) is 1. The minimum Gasteiger partial charge on any atom is -0.295 e. The predicted octanol–water partition coefficient (Wildman–Crippen LogP) is -0.449. The minimum atomic E-state index is -3.67. The van der Waals surface area contributed by atoms with E-state index in [0.29, 0.717) is 17.2 Å². The summed E-state index contributed by atoms with van der Waals surface area (Å²) in [4.78, 5) is 17.8. The molecule has 2 aromatic rings. The van der Waals surface area contributed by atoms with Crippen molar-refractivity contribution < 1.29 is 13.2 Å². The maximum absolute atomic E-state index is 12.3. The maximum Gasteiger partial charge on any atom is 0.228 e. The molecule has 120 valence electrons. The molecule has 1 atom stereocenters. The third-order valence-electron chi connectivity index (χ3n) is 3.63. The number of amides is 1. The predicted molar refractivity (Wildman–Crippen MR) is 80.9 cm³/mol. The molecule has 0 radical (unpaired) electrons. The van der Waals surface area contributed by atoms with E-state index in [2.05, 4.69) is 10.1 Å². The van der Waals surface area contributed by atoms with Crippen LogP contribution in [0.4, 0.5) is 5.82 Å². The van der Waals surface area contributed by atoms with Crippen LogP contribution in [0.25, 0.3) is 5.65 Å². The zero-order chi connectivity index (χ0) is 16.8. The first-order valence-electron chi connectivity index (χ1n) is 6.85. The molecule has 0 aromatic carbocycles. The van der Waals surface area contributed by atoms with Crippen LogP contribution in [0.2, 0.25) is 0 Å². The lowest BCUT2D eigenvalue weighted by Crippen LogP contribution is -2.30. The zero-order valence-corrected chi connectivity index (χ0v) is 13.1. The Bertz CT molecular complexity index is 943. The number of hydrogen-bond donors (Lipinski definition) is 1. The largest absolute Gasteiger partial charge is 0.295 e. The summed E-state index contributed by atoms with van der Waals surface area (Å²) in [6.07, 6.45) is 1.44. The summed E-state index contributed by atoms with van der Waals surface area (Å²) >= 11 is 0. The van der Waals surface area contributed by atoms with E-state index in [4.69, 9.17) is 5.14 Å². The number of anilines is 1. The van der Waals surface area contributed by atoms with Crippen molar-refractivity contribution >= 4 is 27.4 Å². The van der Waals surface area contributed by atoms with Gasteiger partial charge >= 0.3 is 0 Å². The Morgan fingerprint density at radius 1 is 1.52 bits per heavy atom. The third-order valence-corrected chi connectivity index (χ3v) is 4.57. The van der Waals surface area contributed by atoms with Crippen LogP contribution in [0.1, 0.15) is 17.7 Å². The summed E-state index contributed by atoms with van der Waals surface area (Å²) in [5.41, 5.74) is 1.41. The normalized spacial score (nSPS) is 18.6. The molecule has 23 heavy (non-hydrogen) atoms. The summed E-state index contributed by atoms with van der Waals surface area (Å²) in [6, 6.07) is 3.73. The van der Waals surface area contributed by atoms with Gasteiger partial charge in [0.1, 0.15) is 11.6 Å². The molecule has 0 saturated carbocycles. The minimum absolute atomic E-state index is 0.0609. The van der Waals surface area contributed by atoms with Gasteiger partial charge in [0.2, 0.25) is 15.9 Å². The number of nitrogens with zero attached hydrogens (tertiary/aromatic N) is 5. The molecular weight excluding hydrogens is 320 g/mol. The van der Waals surface area contributed by atoms with E-state index in [-0.39, 0.29) is 30.2 Å². The van der Waals surface area contributed by atoms with E-state index in [1.54, 1.807) is 13.0 Å². The van der Waals surface area contributed by atoms with Crippen LogP contribution >= 0.6 is 0 Å². The molecule has 1 amide bonds. The molecular formula is C13H14N6O3S. The molecule has 1 aliphatic heterocycles. The van der Waals surface area contributed by atoms with Gasteiger partial charge in [-0.3, -0.25) is 9.69 Å². The maximum atomic E-state index is 12.3. The second-order valence-electron chi connectivity index (χ2n) is 5.57. The topological polar surface area (TPSA) is 134 Å². The van der Waals surface area contributed by atoms with Gasteiger partial charge < -0.3 is 0 Å². The van der Waals surface area contributed by atoms with Gasteiger partial charge in [-0.15, -0.1) is 0 Å². The molecule has 1 fully saturated rings. The van der Waals surface area contributed by atoms with Crippen molar-refractivity contribution in [2.75, 3.05) is 17.2 Å². The van der Waals surface area contributed by atoms with Crippen molar-refractivity contribution in [2.45, 2.75) is 13.3 Å². The SMILES string of the molecule is Cc1cc2ncc(C#N)c(N3CC(CS(N)(=O)=O)CC3=O)n2n1. The highest BCUT2D eigenvalue weighted by molar-refractivity contribution is 7.89. The van der Waals surface area contributed by atoms with Crippen molar-refractivity contribution in [1.82, 2.24) is 14.6 Å². The molecule has 0 spiro atoms. The first kappa shape index (κ1) is 15.4. The fourth-order valence-corrected chi connectivity index (χ4v) is 3.68. The molecule has 0 aliphatic carbocycles. The van der Waals surface area contributed by atoms with Crippen LogP contribution in [0.5, 0.6) is 0 Å². The molecule has 0 bridgehead atoms. The Hall–Kier alpha value is -2.51. The Kier molecular flexibility index (Phi) is 3.54. The molecule has 9 nitrogen and oxygen atoms in total. The highest BCUT2D eigenvalue weighted by Crippen LogP contribution is 2.28. The fourth-order valence-electron chi connectivity index (χ4n) is 2.80. The highest BCUT2D eigenvalue weighted by Gasteiger charge is 2.35. The van der Waals surface area contributed by atoms with Gasteiger partial charge in [0.05, 0.1) is 17.6 Å². The van der Waals surface area contributed by atoms with E-state index in [9.17, 15) is 18.5 Å². The smallest absolute Gasteiger partial charge is 0.228 e. The van der Waals surface area contributed by atoms with Crippen molar-refractivity contribution in [1.29, 1.82) is 5.26 Å². The summed E-state index contributed by atoms with van der Waals surface area (Å²) in [5, 5.41) is 18.6. The number of fused-ring (bicyclic) bond motifs is 1. The average molecular weight is 334 g/mol. The number of carbonyl (C=O) groups is 1. The van der Waals surface area contributed by atoms with Gasteiger partial charge in [0, 0.05) is 24.9 Å². The third kappa shape index (κ3) is 2.88. The van der Waals surface area contributed by atoms with Crippen molar-refractivity contribution in [3.63, 3.8) is 0 Å². The molecule has 1 aliphatic rings. The Labute approximate surface area is 132 Å². The van der Waals surface area contributed by atoms with Gasteiger partial charge in [-0.2, -0.15) is 14.9 Å². The quantitative estimate of drug-likeness (QED) is 0.808. The van der Waals surface area contributed by atoms with Crippen molar-refractivity contribution in [3.8, 4) is 6.07 Å². The van der Waals surface area contributed by atoms with Gasteiger partial charge in [-0.25, -0.2) is 18.5 Å². The molecule has 3 rings (SSSR count). The second kappa shape index (κ2) is 5.29. The number of hydrogen-bond acceptors (Lipinski definition) is 6. The van der Waals surface area contributed by atoms with Crippen LogP contribution in [-0.2, 0) is 14.8 Å². The van der Waals surface area contributed by atoms with E-state index >= 15 is 0 Å². The van der Waals surface area contributed by atoms with Crippen LogP contribution in [0.15, 0.2) is 12.3 Å². The van der Waals surface area contributed by atoms with Crippen LogP contribution in [0.3, 0.4) is 0 Å². The van der Waals surface area contributed by atoms with Crippen LogP contribution in [0, 0.1) is 24.2 Å². The number of nitriles is 1. The van der Waals surface area contributed by atoms with Crippen LogP contribution in [-0.4, -0.2) is 41.2 Å². The number of rotatable bonds is 3. The number of sulfonamides is 1. The van der Waals surface area contributed by atoms with Crippen molar-refractivity contribution in [2.24, 2.45) is 11.1 Å². The van der Waals surface area contributed by atoms with Gasteiger partial charge in [0.15, 0.2) is 11.5 Å². The van der Waals surface area contributed by atoms with E-state index in [0.717, 1.165) is 0 Å². The molecule has 3 heterocycles. The number of aryl methyl sites for hydroxylation is 1. The Morgan fingerprint density at radius 3 is 2.91 bits per heavy atom. The number of carbonyl (C=O) groups excluding carboxylic acids is 1. The second-order valence-corrected chi connectivity index (χ2v) is 7.23. The molecule has 10 heteroatoms. The highest BCUT2D eigenvalue weighted by atomic mass is 32.2. The monoisotopic (exact) mass is 334 g/mol. The van der Waals surface area contributed by atoms with E-state index in [1.165, 1.54) is 15.6 Å². The first-order valence-corrected chi connectivity index (χ1v) is 8.56. The lowest BCUT2D eigenvalue weighted by Gasteiger charge is -2.18. The lowest BCUT2D eigenvalue weighted by molar-refractivity contribution is -0.117. The summed E-state index contributed by atoms with van der Waals surface area (Å²) in [7, 11) is -3.67. The van der Waals surface area contributed by atoms with Gasteiger partial charge in [-0.1, -0.05) is 0 Å². The zero-order valence-electron chi connectivity index (χ0n) is 12.3. The molecule has 2 N–H and O–H groups in total. The number of primary sulfonamides is 1. The summed E-state index contributed by atoms with van der Waals surface area (Å²) in [6.45, 7) is 1.95. The Morgan fingerprint density at radius 2 is 2.26 bits per heavy atom. The van der Waals surface area contributed by atoms with Crippen molar-refractivity contribution in [3.05, 3.63) is 23.5 Å². The van der Waals surface area contributed by atoms with E-state index < -0.39 is 15.9 Å². The summed E-state index contributed by atoms with van der Waals surface area (Å²) in [5.74, 6) is -0.643. The van der Waals surface area contributed by atoms with Gasteiger partial charge in [-0.05, 0) is 6.92 Å². The number of aromatic nitrogens is 3. The molecule has 1 unspecified atom stereocenters. The Balaban J connectivity index is 2.06. The average Bonchev–Trinajstić information content (AvgIpc) is 2.97.